The molecule has 0 aliphatic carbocycles. The van der Waals surface area contributed by atoms with Crippen molar-refractivity contribution in [2.45, 2.75) is 24.5 Å². The first kappa shape index (κ1) is 15.8. The van der Waals surface area contributed by atoms with Gasteiger partial charge in [0.15, 0.2) is 0 Å². The molecule has 0 saturated heterocycles. The molecule has 5 heteroatoms. The lowest BCUT2D eigenvalue weighted by Crippen LogP contribution is -2.24. The number of alkyl halides is 1. The molecular weight excluding hydrogens is 368 g/mol. The number of nitrogens with zero attached hydrogens (tertiary/aromatic N) is 1. The lowest BCUT2D eigenvalue weighted by Gasteiger charge is -2.35. The molecule has 1 unspecified atom stereocenters. The van der Waals surface area contributed by atoms with Crippen LogP contribution in [-0.2, 0) is 6.42 Å². The standard InChI is InChI=1S/C17H16BrF2NS/c18-9-3-4-14-11-12-10-13(19)7-8-16(12)21(22-14)17-6-2-1-5-15(17)20/h1-2,5-8,10,14H,3-4,9,11H2. The van der Waals surface area contributed by atoms with Gasteiger partial charge >= 0.3 is 0 Å². The van der Waals surface area contributed by atoms with Crippen LogP contribution in [-0.4, -0.2) is 10.6 Å². The molecule has 0 N–H and O–H groups in total. The molecule has 0 fully saturated rings. The quantitative estimate of drug-likeness (QED) is 0.481. The highest BCUT2D eigenvalue weighted by atomic mass is 79.9. The molecule has 1 aliphatic rings. The van der Waals surface area contributed by atoms with E-state index in [0.717, 1.165) is 35.8 Å². The van der Waals surface area contributed by atoms with E-state index in [9.17, 15) is 8.78 Å². The molecule has 116 valence electrons. The van der Waals surface area contributed by atoms with Gasteiger partial charge in [-0.15, -0.1) is 0 Å². The van der Waals surface area contributed by atoms with Crippen molar-refractivity contribution >= 4 is 39.3 Å². The van der Waals surface area contributed by atoms with Gasteiger partial charge in [-0.05, 0) is 67.1 Å². The summed E-state index contributed by atoms with van der Waals surface area (Å²) in [6.45, 7) is 0. The van der Waals surface area contributed by atoms with Crippen LogP contribution in [0.2, 0.25) is 0 Å². The van der Waals surface area contributed by atoms with Gasteiger partial charge in [0, 0.05) is 10.6 Å². The van der Waals surface area contributed by atoms with Crippen molar-refractivity contribution in [1.29, 1.82) is 0 Å². The average Bonchev–Trinajstić information content (AvgIpc) is 2.52. The molecule has 0 bridgehead atoms. The second kappa shape index (κ2) is 7.01. The first-order valence-corrected chi connectivity index (χ1v) is 9.20. The molecule has 22 heavy (non-hydrogen) atoms. The number of halogens is 3. The van der Waals surface area contributed by atoms with Crippen LogP contribution >= 0.6 is 27.9 Å². The van der Waals surface area contributed by atoms with Crippen LogP contribution in [0.4, 0.5) is 20.2 Å². The number of fused-ring (bicyclic) bond motifs is 1. The van der Waals surface area contributed by atoms with Crippen LogP contribution in [0.1, 0.15) is 18.4 Å². The summed E-state index contributed by atoms with van der Waals surface area (Å²) in [6, 6.07) is 11.5. The second-order valence-electron chi connectivity index (χ2n) is 5.28. The number of hydrogen-bond donors (Lipinski definition) is 0. The Bertz CT molecular complexity index is 665. The van der Waals surface area contributed by atoms with E-state index in [1.165, 1.54) is 12.1 Å². The van der Waals surface area contributed by atoms with E-state index in [4.69, 9.17) is 0 Å². The minimum atomic E-state index is -0.258. The summed E-state index contributed by atoms with van der Waals surface area (Å²) in [5, 5.41) is 1.27. The van der Waals surface area contributed by atoms with Crippen molar-refractivity contribution in [2.75, 3.05) is 9.64 Å². The third kappa shape index (κ3) is 3.30. The van der Waals surface area contributed by atoms with Gasteiger partial charge < -0.3 is 0 Å². The van der Waals surface area contributed by atoms with Gasteiger partial charge in [-0.25, -0.2) is 8.78 Å². The zero-order chi connectivity index (χ0) is 15.5. The summed E-state index contributed by atoms with van der Waals surface area (Å²) < 4.78 is 29.7. The van der Waals surface area contributed by atoms with Crippen LogP contribution in [0.3, 0.4) is 0 Å². The minimum Gasteiger partial charge on any atom is -0.281 e. The van der Waals surface area contributed by atoms with E-state index in [0.29, 0.717) is 10.9 Å². The number of anilines is 2. The van der Waals surface area contributed by atoms with E-state index < -0.39 is 0 Å². The average molecular weight is 384 g/mol. The Labute approximate surface area is 142 Å². The molecule has 0 spiro atoms. The zero-order valence-electron chi connectivity index (χ0n) is 11.9. The zero-order valence-corrected chi connectivity index (χ0v) is 14.3. The van der Waals surface area contributed by atoms with Crippen LogP contribution in [0.5, 0.6) is 0 Å². The Balaban J connectivity index is 1.99. The largest absolute Gasteiger partial charge is 0.281 e. The predicted molar refractivity (Wildman–Crippen MR) is 93.1 cm³/mol. The molecular formula is C17H16BrF2NS. The Morgan fingerprint density at radius 3 is 2.73 bits per heavy atom. The van der Waals surface area contributed by atoms with Gasteiger partial charge in [-0.1, -0.05) is 28.1 Å². The van der Waals surface area contributed by atoms with Gasteiger partial charge in [0.25, 0.3) is 0 Å². The van der Waals surface area contributed by atoms with E-state index in [1.54, 1.807) is 36.2 Å². The van der Waals surface area contributed by atoms with Crippen LogP contribution in [0.15, 0.2) is 42.5 Å². The van der Waals surface area contributed by atoms with Crippen molar-refractivity contribution in [3.8, 4) is 0 Å². The summed E-state index contributed by atoms with van der Waals surface area (Å²) in [6.07, 6.45) is 2.87. The van der Waals surface area contributed by atoms with Gasteiger partial charge in [0.05, 0.1) is 11.4 Å². The Kier molecular flexibility index (Phi) is 5.03. The summed E-state index contributed by atoms with van der Waals surface area (Å²) in [5.74, 6) is -0.496. The van der Waals surface area contributed by atoms with Crippen molar-refractivity contribution < 1.29 is 8.78 Å². The molecule has 1 atom stereocenters. The third-order valence-electron chi connectivity index (χ3n) is 3.69. The molecule has 2 aromatic carbocycles. The maximum absolute atomic E-state index is 14.2. The summed E-state index contributed by atoms with van der Waals surface area (Å²) in [5.41, 5.74) is 2.36. The smallest absolute Gasteiger partial charge is 0.147 e. The normalized spacial score (nSPS) is 17.4. The van der Waals surface area contributed by atoms with Gasteiger partial charge in [0.1, 0.15) is 11.6 Å². The van der Waals surface area contributed by atoms with E-state index in [2.05, 4.69) is 15.9 Å². The number of rotatable bonds is 4. The first-order valence-electron chi connectivity index (χ1n) is 7.25. The fourth-order valence-corrected chi connectivity index (χ4v) is 4.37. The molecule has 1 heterocycles. The highest BCUT2D eigenvalue weighted by Gasteiger charge is 2.28. The Morgan fingerprint density at radius 1 is 1.14 bits per heavy atom. The fourth-order valence-electron chi connectivity index (χ4n) is 2.67. The van der Waals surface area contributed by atoms with Gasteiger partial charge in [-0.2, -0.15) is 0 Å². The lowest BCUT2D eigenvalue weighted by atomic mass is 10.0. The van der Waals surface area contributed by atoms with Gasteiger partial charge in [0.2, 0.25) is 0 Å². The predicted octanol–water partition coefficient (Wildman–Crippen LogP) is 5.85. The molecule has 2 aromatic rings. The third-order valence-corrected chi connectivity index (χ3v) is 5.56. The lowest BCUT2D eigenvalue weighted by molar-refractivity contribution is 0.622. The monoisotopic (exact) mass is 383 g/mol. The number of para-hydroxylation sites is 1. The molecule has 3 rings (SSSR count). The maximum atomic E-state index is 14.2. The Hall–Kier alpha value is -1.07. The van der Waals surface area contributed by atoms with E-state index >= 15 is 0 Å². The van der Waals surface area contributed by atoms with Crippen molar-refractivity contribution in [3.63, 3.8) is 0 Å². The highest BCUT2D eigenvalue weighted by molar-refractivity contribution is 9.09. The Morgan fingerprint density at radius 2 is 1.95 bits per heavy atom. The van der Waals surface area contributed by atoms with Crippen molar-refractivity contribution in [1.82, 2.24) is 0 Å². The second-order valence-corrected chi connectivity index (χ2v) is 7.32. The first-order chi connectivity index (χ1) is 10.7. The molecule has 0 saturated carbocycles. The molecule has 0 radical (unpaired) electrons. The van der Waals surface area contributed by atoms with Gasteiger partial charge in [-0.3, -0.25) is 4.31 Å². The summed E-state index contributed by atoms with van der Waals surface area (Å²) >= 11 is 5.09. The molecule has 1 nitrogen and oxygen atoms in total. The fraction of sp³-hybridized carbons (Fsp3) is 0.294. The SMILES string of the molecule is Fc1ccc2c(c1)CC(CCCBr)SN2c1ccccc1F. The molecule has 1 aliphatic heterocycles. The number of benzene rings is 2. The minimum absolute atomic E-state index is 0.238. The van der Waals surface area contributed by atoms with Crippen LogP contribution in [0.25, 0.3) is 0 Å². The highest BCUT2D eigenvalue weighted by Crippen LogP contribution is 2.44. The van der Waals surface area contributed by atoms with E-state index in [1.807, 2.05) is 10.4 Å². The number of hydrogen-bond acceptors (Lipinski definition) is 2. The van der Waals surface area contributed by atoms with Crippen molar-refractivity contribution in [3.05, 3.63) is 59.7 Å². The molecule has 0 amide bonds. The summed E-state index contributed by atoms with van der Waals surface area (Å²) in [7, 11) is 0. The summed E-state index contributed by atoms with van der Waals surface area (Å²) in [4.78, 5) is 0. The van der Waals surface area contributed by atoms with Crippen LogP contribution < -0.4 is 4.31 Å². The molecule has 0 aromatic heterocycles. The maximum Gasteiger partial charge on any atom is 0.147 e. The topological polar surface area (TPSA) is 3.24 Å². The van der Waals surface area contributed by atoms with Crippen molar-refractivity contribution in [2.24, 2.45) is 0 Å². The van der Waals surface area contributed by atoms with Crippen LogP contribution in [0, 0.1) is 11.6 Å². The van der Waals surface area contributed by atoms with E-state index in [-0.39, 0.29) is 11.6 Å².